The average molecular weight is 504 g/mol. The molecule has 0 N–H and O–H groups in total. The van der Waals surface area contributed by atoms with Crippen LogP contribution in [-0.4, -0.2) is 28.4 Å². The van der Waals surface area contributed by atoms with Crippen LogP contribution in [0.1, 0.15) is 1.37 Å². The van der Waals surface area contributed by atoms with Crippen molar-refractivity contribution in [2.45, 2.75) is 0 Å². The van der Waals surface area contributed by atoms with Gasteiger partial charge < -0.3 is 18.9 Å². The van der Waals surface area contributed by atoms with Crippen LogP contribution in [0.4, 0.5) is 0 Å². The number of benzene rings is 5. The third-order valence-electron chi connectivity index (χ3n) is 6.61. The second kappa shape index (κ2) is 11.1. The Bertz CT molecular complexity index is 1490. The van der Waals surface area contributed by atoms with Crippen LogP contribution >= 0.6 is 0 Å². The first-order valence-electron chi connectivity index (χ1n) is 12.8. The molecule has 5 rings (SSSR count). The molecular formula is C34H30O4. The van der Waals surface area contributed by atoms with Crippen molar-refractivity contribution in [3.63, 3.8) is 0 Å². The predicted molar refractivity (Wildman–Crippen MR) is 154 cm³/mol. The van der Waals surface area contributed by atoms with Crippen molar-refractivity contribution in [2.75, 3.05) is 28.4 Å². The molecule has 4 nitrogen and oxygen atoms in total. The van der Waals surface area contributed by atoms with Crippen LogP contribution in [-0.2, 0) is 0 Å². The van der Waals surface area contributed by atoms with E-state index >= 15 is 0 Å². The highest BCUT2D eigenvalue weighted by Crippen LogP contribution is 2.50. The second-order valence-corrected chi connectivity index (χ2v) is 8.65. The summed E-state index contributed by atoms with van der Waals surface area (Å²) < 4.78 is 32.7. The Morgan fingerprint density at radius 2 is 0.789 bits per heavy atom. The van der Waals surface area contributed by atoms with E-state index in [1.165, 1.54) is 0 Å². The summed E-state index contributed by atoms with van der Waals surface area (Å²) in [6.45, 7) is 0. The Labute approximate surface area is 225 Å². The smallest absolute Gasteiger partial charge is 0.130 e. The molecule has 0 aliphatic carbocycles. The summed E-state index contributed by atoms with van der Waals surface area (Å²) in [7, 11) is 6.60. The Morgan fingerprint density at radius 1 is 0.395 bits per heavy atom. The van der Waals surface area contributed by atoms with Gasteiger partial charge in [-0.05, 0) is 63.7 Å². The molecule has 0 spiro atoms. The van der Waals surface area contributed by atoms with Gasteiger partial charge in [0.15, 0.2) is 0 Å². The van der Waals surface area contributed by atoms with Crippen molar-refractivity contribution in [3.05, 3.63) is 109 Å². The number of rotatable bonds is 8. The van der Waals surface area contributed by atoms with Crippen LogP contribution < -0.4 is 18.9 Å². The lowest BCUT2D eigenvalue weighted by atomic mass is 9.85. The van der Waals surface area contributed by atoms with Gasteiger partial charge in [0.1, 0.15) is 23.0 Å². The molecule has 0 saturated heterocycles. The van der Waals surface area contributed by atoms with Gasteiger partial charge in [0.2, 0.25) is 0 Å². The minimum absolute atomic E-state index is 0.417. The fourth-order valence-corrected chi connectivity index (χ4v) is 4.89. The Kier molecular flexibility index (Phi) is 6.94. The highest BCUT2D eigenvalue weighted by atomic mass is 16.5. The highest BCUT2D eigenvalue weighted by molar-refractivity contribution is 6.00. The summed E-state index contributed by atoms with van der Waals surface area (Å²) in [5, 5.41) is 0. The zero-order valence-corrected chi connectivity index (χ0v) is 21.9. The van der Waals surface area contributed by atoms with Crippen LogP contribution in [0.15, 0.2) is 109 Å². The van der Waals surface area contributed by atoms with Crippen molar-refractivity contribution < 1.29 is 20.3 Å². The standard InChI is InChI=1S/C34H30O4/c1-35-28-18-10-19-29(36-2)33(28)26-16-9-17-27(34-30(37-3)20-11-21-31(34)38-4)32(26)25-15-8-14-24(22-25)23-12-6-5-7-13-23/h5-22H,1-4H3/i22D. The number of hydrogen-bond donors (Lipinski definition) is 0. The molecule has 5 aromatic rings. The summed E-state index contributed by atoms with van der Waals surface area (Å²) in [6.07, 6.45) is 0. The van der Waals surface area contributed by atoms with Gasteiger partial charge in [-0.2, -0.15) is 0 Å². The minimum atomic E-state index is 0.417. The molecule has 0 unspecified atom stereocenters. The lowest BCUT2D eigenvalue weighted by Gasteiger charge is -2.22. The van der Waals surface area contributed by atoms with E-state index in [1.54, 1.807) is 28.4 Å². The van der Waals surface area contributed by atoms with Crippen molar-refractivity contribution >= 4 is 0 Å². The van der Waals surface area contributed by atoms with E-state index < -0.39 is 0 Å². The topological polar surface area (TPSA) is 36.9 Å². The van der Waals surface area contributed by atoms with Gasteiger partial charge in [0, 0.05) is 0 Å². The number of ether oxygens (including phenoxy) is 4. The van der Waals surface area contributed by atoms with Gasteiger partial charge in [-0.1, -0.05) is 78.9 Å². The molecule has 0 heterocycles. The molecule has 0 bridgehead atoms. The van der Waals surface area contributed by atoms with Crippen LogP contribution in [0.3, 0.4) is 0 Å². The molecule has 5 aromatic carbocycles. The zero-order valence-electron chi connectivity index (χ0n) is 22.9. The van der Waals surface area contributed by atoms with Gasteiger partial charge in [-0.3, -0.25) is 0 Å². The fourth-order valence-electron chi connectivity index (χ4n) is 4.89. The molecule has 4 heteroatoms. The first-order valence-corrected chi connectivity index (χ1v) is 12.3. The Hall–Kier alpha value is -4.70. The second-order valence-electron chi connectivity index (χ2n) is 8.65. The van der Waals surface area contributed by atoms with E-state index in [0.717, 1.165) is 44.5 Å². The first kappa shape index (κ1) is 23.7. The molecule has 0 atom stereocenters. The molecule has 0 radical (unpaired) electrons. The summed E-state index contributed by atoms with van der Waals surface area (Å²) in [5.74, 6) is 2.69. The molecule has 190 valence electrons. The van der Waals surface area contributed by atoms with E-state index in [-0.39, 0.29) is 0 Å². The van der Waals surface area contributed by atoms with Crippen LogP contribution in [0.5, 0.6) is 23.0 Å². The van der Waals surface area contributed by atoms with Gasteiger partial charge in [-0.15, -0.1) is 0 Å². The maximum atomic E-state index is 9.41. The summed E-state index contributed by atoms with van der Waals surface area (Å²) in [4.78, 5) is 0. The van der Waals surface area contributed by atoms with E-state index in [0.29, 0.717) is 29.0 Å². The summed E-state index contributed by atoms with van der Waals surface area (Å²) >= 11 is 0. The van der Waals surface area contributed by atoms with Crippen molar-refractivity contribution in [1.29, 1.82) is 0 Å². The molecule has 0 fully saturated rings. The number of methoxy groups -OCH3 is 4. The average Bonchev–Trinajstić information content (AvgIpc) is 3.00. The monoisotopic (exact) mass is 503 g/mol. The van der Waals surface area contributed by atoms with Gasteiger partial charge >= 0.3 is 0 Å². The third-order valence-corrected chi connectivity index (χ3v) is 6.61. The van der Waals surface area contributed by atoms with Crippen LogP contribution in [0, 0.1) is 0 Å². The maximum absolute atomic E-state index is 9.41. The summed E-state index contributed by atoms with van der Waals surface area (Å²) in [6, 6.07) is 33.9. The van der Waals surface area contributed by atoms with Gasteiger partial charge in [0.05, 0.1) is 40.9 Å². The number of hydrogen-bond acceptors (Lipinski definition) is 4. The molecule has 0 aromatic heterocycles. The van der Waals surface area contributed by atoms with Crippen molar-refractivity contribution in [1.82, 2.24) is 0 Å². The van der Waals surface area contributed by atoms with E-state index in [4.69, 9.17) is 18.9 Å². The van der Waals surface area contributed by atoms with Gasteiger partial charge in [-0.25, -0.2) is 0 Å². The molecular weight excluding hydrogens is 472 g/mol. The van der Waals surface area contributed by atoms with Crippen molar-refractivity contribution in [2.24, 2.45) is 0 Å². The van der Waals surface area contributed by atoms with E-state index in [1.807, 2.05) is 103 Å². The highest BCUT2D eigenvalue weighted by Gasteiger charge is 2.23. The molecule has 0 saturated carbocycles. The molecule has 0 aliphatic rings. The lowest BCUT2D eigenvalue weighted by Crippen LogP contribution is -1.98. The fraction of sp³-hybridized carbons (Fsp3) is 0.118. The Balaban J connectivity index is 1.93. The molecule has 0 aliphatic heterocycles. The lowest BCUT2D eigenvalue weighted by molar-refractivity contribution is 0.397. The largest absolute Gasteiger partial charge is 0.496 e. The zero-order chi connectivity index (χ0) is 27.4. The SMILES string of the molecule is [2H]c1c(-c2ccccc2)cccc1-c1c(-c2c(OC)cccc2OC)cccc1-c1c(OC)cccc1OC. The third kappa shape index (κ3) is 4.57. The normalized spacial score (nSPS) is 11.0. The quantitative estimate of drug-likeness (QED) is 0.213. The van der Waals surface area contributed by atoms with Crippen LogP contribution in [0.2, 0.25) is 0 Å². The minimum Gasteiger partial charge on any atom is -0.496 e. The van der Waals surface area contributed by atoms with E-state index in [2.05, 4.69) is 0 Å². The van der Waals surface area contributed by atoms with E-state index in [9.17, 15) is 1.37 Å². The van der Waals surface area contributed by atoms with Crippen molar-refractivity contribution in [3.8, 4) is 67.5 Å². The predicted octanol–water partition coefficient (Wildman–Crippen LogP) is 8.39. The molecule has 0 amide bonds. The Morgan fingerprint density at radius 3 is 1.26 bits per heavy atom. The van der Waals surface area contributed by atoms with Gasteiger partial charge in [0.25, 0.3) is 0 Å². The summed E-state index contributed by atoms with van der Waals surface area (Å²) in [5.41, 5.74) is 6.78. The van der Waals surface area contributed by atoms with Crippen LogP contribution in [0.25, 0.3) is 44.5 Å². The first-order chi connectivity index (χ1) is 19.1. The molecule has 38 heavy (non-hydrogen) atoms. The maximum Gasteiger partial charge on any atom is 0.130 e.